The van der Waals surface area contributed by atoms with Crippen molar-refractivity contribution in [1.29, 1.82) is 5.41 Å². The Morgan fingerprint density at radius 3 is 2.67 bits per heavy atom. The van der Waals surface area contributed by atoms with Gasteiger partial charge in [0.1, 0.15) is 0 Å². The second kappa shape index (κ2) is 8.03. The lowest BCUT2D eigenvalue weighted by Crippen LogP contribution is -2.40. The molecule has 0 unspecified atom stereocenters. The first-order valence-corrected chi connectivity index (χ1v) is 9.12. The lowest BCUT2D eigenvalue weighted by Gasteiger charge is -2.31. The molecule has 0 saturated carbocycles. The Balaban J connectivity index is 1.78. The van der Waals surface area contributed by atoms with E-state index in [-0.39, 0.29) is 11.9 Å². The number of nitrogens with one attached hydrogen (secondary N) is 2. The number of benzene rings is 1. The number of pyridine rings is 1. The van der Waals surface area contributed by atoms with E-state index in [1.54, 1.807) is 12.4 Å². The van der Waals surface area contributed by atoms with Crippen LogP contribution in [0.4, 0.5) is 5.69 Å². The quantitative estimate of drug-likeness (QED) is 0.573. The maximum absolute atomic E-state index is 12.4. The molecule has 1 aliphatic rings. The third kappa shape index (κ3) is 4.16. The van der Waals surface area contributed by atoms with E-state index >= 15 is 0 Å². The molecular weight excluding hydrogens is 338 g/mol. The number of aromatic nitrogens is 1. The lowest BCUT2D eigenvalue weighted by atomic mass is 9.92. The number of hydrogen-bond donors (Lipinski definition) is 3. The highest BCUT2D eigenvalue weighted by molar-refractivity contribution is 6.05. The van der Waals surface area contributed by atoms with Crippen molar-refractivity contribution >= 4 is 23.1 Å². The number of nitrogens with zero attached hydrogens (tertiary/aromatic N) is 2. The number of anilines is 1. The number of carbonyl (C=O) groups is 1. The summed E-state index contributed by atoms with van der Waals surface area (Å²) >= 11 is 0. The highest BCUT2D eigenvalue weighted by Gasteiger charge is 2.20. The Kier molecular flexibility index (Phi) is 5.54. The van der Waals surface area contributed by atoms with Crippen LogP contribution in [0.5, 0.6) is 0 Å². The van der Waals surface area contributed by atoms with Crippen LogP contribution in [0, 0.1) is 12.3 Å². The molecule has 1 amide bonds. The van der Waals surface area contributed by atoms with E-state index in [9.17, 15) is 4.79 Å². The number of nitrogens with two attached hydrogens (primary N) is 1. The van der Waals surface area contributed by atoms with Crippen molar-refractivity contribution in [1.82, 2.24) is 9.88 Å². The highest BCUT2D eigenvalue weighted by atomic mass is 16.1. The average molecular weight is 363 g/mol. The van der Waals surface area contributed by atoms with Gasteiger partial charge in [0.15, 0.2) is 5.96 Å². The van der Waals surface area contributed by atoms with Gasteiger partial charge in [0.05, 0.1) is 5.56 Å². The van der Waals surface area contributed by atoms with E-state index in [4.69, 9.17) is 11.1 Å². The summed E-state index contributed by atoms with van der Waals surface area (Å²) in [4.78, 5) is 18.3. The topological polar surface area (TPSA) is 95.1 Å². The summed E-state index contributed by atoms with van der Waals surface area (Å²) in [5.74, 6) is -0.0550. The van der Waals surface area contributed by atoms with Gasteiger partial charge in [-0.15, -0.1) is 0 Å². The minimum Gasteiger partial charge on any atom is -0.370 e. The van der Waals surface area contributed by atoms with E-state index < -0.39 is 0 Å². The fourth-order valence-corrected chi connectivity index (χ4v) is 3.35. The molecule has 2 aromatic rings. The molecule has 3 rings (SSSR count). The van der Waals surface area contributed by atoms with Crippen LogP contribution in [0.25, 0.3) is 5.57 Å². The van der Waals surface area contributed by atoms with E-state index in [1.807, 2.05) is 42.2 Å². The fourth-order valence-electron chi connectivity index (χ4n) is 3.35. The molecule has 1 aliphatic heterocycles. The van der Waals surface area contributed by atoms with Gasteiger partial charge < -0.3 is 16.0 Å². The first-order chi connectivity index (χ1) is 13.0. The van der Waals surface area contributed by atoms with Gasteiger partial charge in [-0.3, -0.25) is 15.2 Å². The maximum Gasteiger partial charge on any atom is 0.257 e. The monoisotopic (exact) mass is 363 g/mol. The normalized spacial score (nSPS) is 14.2. The fraction of sp³-hybridized carbons (Fsp3) is 0.286. The zero-order valence-electron chi connectivity index (χ0n) is 15.7. The number of rotatable bonds is 4. The van der Waals surface area contributed by atoms with Gasteiger partial charge in [-0.25, -0.2) is 0 Å². The molecule has 1 aromatic carbocycles. The molecular formula is C21H25N5O. The second-order valence-corrected chi connectivity index (χ2v) is 6.71. The predicted octanol–water partition coefficient (Wildman–Crippen LogP) is 3.41. The summed E-state index contributed by atoms with van der Waals surface area (Å²) in [6, 6.07) is 9.67. The number of carbonyl (C=O) groups excluding carboxylic acids is 1. The van der Waals surface area contributed by atoms with Crippen molar-refractivity contribution < 1.29 is 4.79 Å². The van der Waals surface area contributed by atoms with Gasteiger partial charge in [-0.1, -0.05) is 24.6 Å². The van der Waals surface area contributed by atoms with Crippen LogP contribution in [-0.4, -0.2) is 34.8 Å². The predicted molar refractivity (Wildman–Crippen MR) is 109 cm³/mol. The molecule has 1 aromatic heterocycles. The summed E-state index contributed by atoms with van der Waals surface area (Å²) in [6.45, 7) is 5.49. The first-order valence-electron chi connectivity index (χ1n) is 9.12. The van der Waals surface area contributed by atoms with Gasteiger partial charge >= 0.3 is 0 Å². The van der Waals surface area contributed by atoms with Crippen LogP contribution >= 0.6 is 0 Å². The van der Waals surface area contributed by atoms with Crippen molar-refractivity contribution in [2.24, 2.45) is 5.73 Å². The SMILES string of the molecule is CCC1=C(c2ccc(NC(=O)c3cnccc3C)cc2)CN(C(=N)N)CC1. The molecule has 0 fully saturated rings. The summed E-state index contributed by atoms with van der Waals surface area (Å²) in [5.41, 5.74) is 11.6. The largest absolute Gasteiger partial charge is 0.370 e. The maximum atomic E-state index is 12.4. The second-order valence-electron chi connectivity index (χ2n) is 6.71. The van der Waals surface area contributed by atoms with Gasteiger partial charge in [-0.05, 0) is 54.7 Å². The van der Waals surface area contributed by atoms with Gasteiger partial charge in [0.2, 0.25) is 0 Å². The van der Waals surface area contributed by atoms with Crippen LogP contribution in [-0.2, 0) is 0 Å². The van der Waals surface area contributed by atoms with Crippen LogP contribution in [0.15, 0.2) is 48.3 Å². The Morgan fingerprint density at radius 2 is 2.04 bits per heavy atom. The smallest absolute Gasteiger partial charge is 0.257 e. The van der Waals surface area contributed by atoms with Gasteiger partial charge in [0.25, 0.3) is 5.91 Å². The number of guanidine groups is 1. The summed E-state index contributed by atoms with van der Waals surface area (Å²) < 4.78 is 0. The first kappa shape index (κ1) is 18.6. The zero-order chi connectivity index (χ0) is 19.4. The summed E-state index contributed by atoms with van der Waals surface area (Å²) in [7, 11) is 0. The molecule has 0 radical (unpaired) electrons. The summed E-state index contributed by atoms with van der Waals surface area (Å²) in [5, 5.41) is 10.6. The molecule has 0 bridgehead atoms. The molecule has 6 nitrogen and oxygen atoms in total. The van der Waals surface area contributed by atoms with Crippen molar-refractivity contribution in [3.8, 4) is 0 Å². The molecule has 0 atom stereocenters. The molecule has 6 heteroatoms. The Labute approximate surface area is 159 Å². The molecule has 2 heterocycles. The lowest BCUT2D eigenvalue weighted by molar-refractivity contribution is 0.102. The Bertz CT molecular complexity index is 886. The number of amides is 1. The zero-order valence-corrected chi connectivity index (χ0v) is 15.7. The highest BCUT2D eigenvalue weighted by Crippen LogP contribution is 2.29. The molecule has 4 N–H and O–H groups in total. The Hall–Kier alpha value is -3.15. The van der Waals surface area contributed by atoms with Gasteiger partial charge in [-0.2, -0.15) is 0 Å². The van der Waals surface area contributed by atoms with Crippen LogP contribution in [0.1, 0.15) is 41.3 Å². The van der Waals surface area contributed by atoms with Crippen LogP contribution in [0.3, 0.4) is 0 Å². The standard InChI is InChI=1S/C21H25N5O/c1-3-15-9-11-26(21(22)23)13-19(15)16-4-6-17(7-5-16)25-20(27)18-12-24-10-8-14(18)2/h4-8,10,12H,3,9,11,13H2,1-2H3,(H3,22,23)(H,25,27). The van der Waals surface area contributed by atoms with Crippen LogP contribution < -0.4 is 11.1 Å². The van der Waals surface area contributed by atoms with E-state index in [2.05, 4.69) is 17.2 Å². The minimum absolute atomic E-state index is 0.110. The average Bonchev–Trinajstić information content (AvgIpc) is 2.68. The number of hydrogen-bond acceptors (Lipinski definition) is 3. The minimum atomic E-state index is -0.165. The van der Waals surface area contributed by atoms with Crippen molar-refractivity contribution in [3.63, 3.8) is 0 Å². The van der Waals surface area contributed by atoms with Crippen molar-refractivity contribution in [3.05, 3.63) is 65.0 Å². The number of aryl methyl sites for hydroxylation is 1. The third-order valence-electron chi connectivity index (χ3n) is 5.00. The third-order valence-corrected chi connectivity index (χ3v) is 5.00. The van der Waals surface area contributed by atoms with Crippen molar-refractivity contribution in [2.45, 2.75) is 26.7 Å². The van der Waals surface area contributed by atoms with Gasteiger partial charge in [0, 0.05) is 31.2 Å². The van der Waals surface area contributed by atoms with E-state index in [1.165, 1.54) is 11.1 Å². The molecule has 140 valence electrons. The van der Waals surface area contributed by atoms with Crippen molar-refractivity contribution in [2.75, 3.05) is 18.4 Å². The molecule has 0 saturated heterocycles. The van der Waals surface area contributed by atoms with E-state index in [0.717, 1.165) is 36.2 Å². The van der Waals surface area contributed by atoms with E-state index in [0.29, 0.717) is 12.1 Å². The van der Waals surface area contributed by atoms with Crippen LogP contribution in [0.2, 0.25) is 0 Å². The molecule has 0 aliphatic carbocycles. The summed E-state index contributed by atoms with van der Waals surface area (Å²) in [6.07, 6.45) is 5.16. The molecule has 27 heavy (non-hydrogen) atoms. The Morgan fingerprint density at radius 1 is 1.30 bits per heavy atom. The molecule has 0 spiro atoms.